The number of likely N-dealkylation sites (tertiary alicyclic amines) is 1. The lowest BCUT2D eigenvalue weighted by atomic mass is 9.91. The summed E-state index contributed by atoms with van der Waals surface area (Å²) in [6.07, 6.45) is 1.71. The number of amides is 1. The maximum Gasteiger partial charge on any atom is 0.326 e. The number of nitrogens with zero attached hydrogens (tertiary/aromatic N) is 1. The Labute approximate surface area is 82.9 Å². The summed E-state index contributed by atoms with van der Waals surface area (Å²) in [5.41, 5.74) is 5.23. The first-order chi connectivity index (χ1) is 6.57. The molecule has 2 unspecified atom stereocenters. The maximum absolute atomic E-state index is 11.4. The third-order valence-corrected chi connectivity index (χ3v) is 2.68. The van der Waals surface area contributed by atoms with Gasteiger partial charge in [-0.2, -0.15) is 0 Å². The van der Waals surface area contributed by atoms with Crippen molar-refractivity contribution in [1.82, 2.24) is 4.90 Å². The van der Waals surface area contributed by atoms with E-state index >= 15 is 0 Å². The van der Waals surface area contributed by atoms with E-state index in [2.05, 4.69) is 0 Å². The molecule has 5 heteroatoms. The maximum atomic E-state index is 11.4. The Bertz CT molecular complexity index is 242. The summed E-state index contributed by atoms with van der Waals surface area (Å²) in [6, 6.07) is -0.695. The second-order valence-corrected chi connectivity index (χ2v) is 3.69. The molecule has 80 valence electrons. The first-order valence-corrected chi connectivity index (χ1v) is 4.80. The van der Waals surface area contributed by atoms with Crippen molar-refractivity contribution in [1.29, 1.82) is 0 Å². The molecule has 0 aromatic heterocycles. The highest BCUT2D eigenvalue weighted by molar-refractivity contribution is 5.85. The molecular formula is C9H16N2O3. The summed E-state index contributed by atoms with van der Waals surface area (Å²) >= 11 is 0. The molecule has 1 saturated heterocycles. The fraction of sp³-hybridized carbons (Fsp3) is 0.778. The van der Waals surface area contributed by atoms with Gasteiger partial charge in [0.25, 0.3) is 0 Å². The normalized spacial score (nSPS) is 27.4. The van der Waals surface area contributed by atoms with Gasteiger partial charge in [-0.1, -0.05) is 6.92 Å². The van der Waals surface area contributed by atoms with E-state index in [0.717, 1.165) is 12.8 Å². The van der Waals surface area contributed by atoms with Crippen LogP contribution in [0.1, 0.15) is 19.8 Å². The molecule has 0 spiro atoms. The number of hydrogen-bond donors (Lipinski definition) is 2. The zero-order valence-electron chi connectivity index (χ0n) is 8.27. The van der Waals surface area contributed by atoms with Gasteiger partial charge in [0, 0.05) is 6.54 Å². The fourth-order valence-electron chi connectivity index (χ4n) is 1.96. The van der Waals surface area contributed by atoms with Gasteiger partial charge in [-0.25, -0.2) is 4.79 Å². The molecule has 0 radical (unpaired) electrons. The predicted octanol–water partition coefficient (Wildman–Crippen LogP) is -0.343. The summed E-state index contributed by atoms with van der Waals surface area (Å²) in [6.45, 7) is 2.25. The summed E-state index contributed by atoms with van der Waals surface area (Å²) in [5, 5.41) is 8.99. The molecule has 1 heterocycles. The Morgan fingerprint density at radius 2 is 2.21 bits per heavy atom. The molecule has 0 aromatic rings. The van der Waals surface area contributed by atoms with Crippen molar-refractivity contribution in [2.45, 2.75) is 25.8 Å². The molecule has 0 aromatic carbocycles. The Kier molecular flexibility index (Phi) is 3.46. The van der Waals surface area contributed by atoms with E-state index in [-0.39, 0.29) is 18.4 Å². The molecule has 0 saturated carbocycles. The second-order valence-electron chi connectivity index (χ2n) is 3.69. The minimum atomic E-state index is -0.931. The molecule has 14 heavy (non-hydrogen) atoms. The summed E-state index contributed by atoms with van der Waals surface area (Å²) in [4.78, 5) is 23.7. The number of carboxylic acid groups (broad SMARTS) is 1. The molecule has 1 aliphatic heterocycles. The lowest BCUT2D eigenvalue weighted by Crippen LogP contribution is -2.53. The number of carboxylic acids is 1. The highest BCUT2D eigenvalue weighted by atomic mass is 16.4. The van der Waals surface area contributed by atoms with Crippen LogP contribution in [0.25, 0.3) is 0 Å². The van der Waals surface area contributed by atoms with E-state index in [9.17, 15) is 9.59 Å². The lowest BCUT2D eigenvalue weighted by Gasteiger charge is -2.37. The van der Waals surface area contributed by atoms with E-state index in [1.54, 1.807) is 0 Å². The number of piperidine rings is 1. The predicted molar refractivity (Wildman–Crippen MR) is 50.6 cm³/mol. The molecule has 0 bridgehead atoms. The van der Waals surface area contributed by atoms with Crippen molar-refractivity contribution in [2.75, 3.05) is 13.1 Å². The van der Waals surface area contributed by atoms with Crippen LogP contribution in [-0.2, 0) is 9.59 Å². The molecule has 5 nitrogen and oxygen atoms in total. The van der Waals surface area contributed by atoms with E-state index in [1.165, 1.54) is 4.90 Å². The minimum absolute atomic E-state index is 0.0109. The van der Waals surface area contributed by atoms with Gasteiger partial charge < -0.3 is 15.7 Å². The van der Waals surface area contributed by atoms with Gasteiger partial charge in [0.05, 0.1) is 6.54 Å². The van der Waals surface area contributed by atoms with E-state index < -0.39 is 12.0 Å². The molecule has 1 fully saturated rings. The Balaban J connectivity index is 2.79. The van der Waals surface area contributed by atoms with E-state index in [4.69, 9.17) is 10.8 Å². The van der Waals surface area contributed by atoms with Crippen LogP contribution in [0.4, 0.5) is 0 Å². The molecule has 3 N–H and O–H groups in total. The SMILES string of the molecule is CC1CCCN(C(=O)CN)C1C(=O)O. The second kappa shape index (κ2) is 4.41. The molecule has 0 aliphatic carbocycles. The molecular weight excluding hydrogens is 184 g/mol. The van der Waals surface area contributed by atoms with Crippen LogP contribution in [0.3, 0.4) is 0 Å². The van der Waals surface area contributed by atoms with Crippen molar-refractivity contribution < 1.29 is 14.7 Å². The smallest absolute Gasteiger partial charge is 0.326 e. The number of nitrogens with two attached hydrogens (primary N) is 1. The standard InChI is InChI=1S/C9H16N2O3/c1-6-3-2-4-11(7(12)5-10)8(6)9(13)14/h6,8H,2-5,10H2,1H3,(H,13,14). The highest BCUT2D eigenvalue weighted by Gasteiger charge is 2.36. The van der Waals surface area contributed by atoms with Crippen LogP contribution in [0.2, 0.25) is 0 Å². The average Bonchev–Trinajstić information content (AvgIpc) is 2.15. The van der Waals surface area contributed by atoms with Crippen molar-refractivity contribution >= 4 is 11.9 Å². The van der Waals surface area contributed by atoms with Crippen LogP contribution >= 0.6 is 0 Å². The number of rotatable bonds is 2. The van der Waals surface area contributed by atoms with Gasteiger partial charge in [-0.3, -0.25) is 4.79 Å². The number of aliphatic carboxylic acids is 1. The third kappa shape index (κ3) is 2.04. The van der Waals surface area contributed by atoms with Gasteiger partial charge in [-0.05, 0) is 18.8 Å². The summed E-state index contributed by atoms with van der Waals surface area (Å²) < 4.78 is 0. The third-order valence-electron chi connectivity index (χ3n) is 2.68. The number of hydrogen-bond acceptors (Lipinski definition) is 3. The Morgan fingerprint density at radius 3 is 2.71 bits per heavy atom. The largest absolute Gasteiger partial charge is 0.480 e. The van der Waals surface area contributed by atoms with Gasteiger partial charge in [0.15, 0.2) is 0 Å². The van der Waals surface area contributed by atoms with Crippen molar-refractivity contribution in [2.24, 2.45) is 11.7 Å². The number of carbonyl (C=O) groups excluding carboxylic acids is 1. The van der Waals surface area contributed by atoms with Crippen molar-refractivity contribution in [3.05, 3.63) is 0 Å². The van der Waals surface area contributed by atoms with E-state index in [0.29, 0.717) is 6.54 Å². The quantitative estimate of drug-likeness (QED) is 0.638. The van der Waals surface area contributed by atoms with Gasteiger partial charge in [-0.15, -0.1) is 0 Å². The number of carbonyl (C=O) groups is 2. The van der Waals surface area contributed by atoms with Gasteiger partial charge in [0.1, 0.15) is 6.04 Å². The summed E-state index contributed by atoms with van der Waals surface area (Å²) in [5.74, 6) is -1.19. The van der Waals surface area contributed by atoms with Gasteiger partial charge in [0.2, 0.25) is 5.91 Å². The fourth-order valence-corrected chi connectivity index (χ4v) is 1.96. The van der Waals surface area contributed by atoms with Crippen LogP contribution in [-0.4, -0.2) is 41.0 Å². The summed E-state index contributed by atoms with van der Waals surface area (Å²) in [7, 11) is 0. The zero-order chi connectivity index (χ0) is 10.7. The van der Waals surface area contributed by atoms with Crippen molar-refractivity contribution in [3.63, 3.8) is 0 Å². The topological polar surface area (TPSA) is 83.6 Å². The highest BCUT2D eigenvalue weighted by Crippen LogP contribution is 2.23. The van der Waals surface area contributed by atoms with Crippen molar-refractivity contribution in [3.8, 4) is 0 Å². The van der Waals surface area contributed by atoms with Crippen LogP contribution in [0.15, 0.2) is 0 Å². The minimum Gasteiger partial charge on any atom is -0.480 e. The first-order valence-electron chi connectivity index (χ1n) is 4.80. The van der Waals surface area contributed by atoms with Crippen LogP contribution < -0.4 is 5.73 Å². The molecule has 1 rings (SSSR count). The van der Waals surface area contributed by atoms with Crippen LogP contribution in [0, 0.1) is 5.92 Å². The molecule has 2 atom stereocenters. The first kappa shape index (κ1) is 11.0. The monoisotopic (exact) mass is 200 g/mol. The lowest BCUT2D eigenvalue weighted by molar-refractivity contribution is -0.154. The van der Waals surface area contributed by atoms with E-state index in [1.807, 2.05) is 6.92 Å². The van der Waals surface area contributed by atoms with Gasteiger partial charge >= 0.3 is 5.97 Å². The average molecular weight is 200 g/mol. The molecule has 1 amide bonds. The molecule has 1 aliphatic rings. The zero-order valence-corrected chi connectivity index (χ0v) is 8.27. The Hall–Kier alpha value is -1.10. The van der Waals surface area contributed by atoms with Crippen LogP contribution in [0.5, 0.6) is 0 Å². The Morgan fingerprint density at radius 1 is 1.57 bits per heavy atom.